The normalized spacial score (nSPS) is 9.14. The molecular formula is C11H8O3. The van der Waals surface area contributed by atoms with Gasteiger partial charge in [-0.25, -0.2) is 0 Å². The Morgan fingerprint density at radius 1 is 0.786 bits per heavy atom. The molecule has 0 aliphatic carbocycles. The van der Waals surface area contributed by atoms with Crippen LogP contribution in [-0.4, -0.2) is 18.9 Å². The Balaban J connectivity index is 3.49. The van der Waals surface area contributed by atoms with Gasteiger partial charge in [0.25, 0.3) is 0 Å². The second-order valence-corrected chi connectivity index (χ2v) is 2.67. The molecule has 0 aliphatic heterocycles. The van der Waals surface area contributed by atoms with Gasteiger partial charge in [-0.05, 0) is 17.7 Å². The van der Waals surface area contributed by atoms with Gasteiger partial charge >= 0.3 is 0 Å². The lowest BCUT2D eigenvalue weighted by atomic mass is 10.0. The molecule has 0 heterocycles. The molecule has 3 heteroatoms. The Hall–Kier alpha value is -2.03. The third kappa shape index (κ3) is 1.66. The number of rotatable bonds is 4. The first kappa shape index (κ1) is 10.1. The highest BCUT2D eigenvalue weighted by Gasteiger charge is 2.06. The van der Waals surface area contributed by atoms with Crippen molar-refractivity contribution in [1.82, 2.24) is 0 Å². The summed E-state index contributed by atoms with van der Waals surface area (Å²) in [5.41, 5.74) is 1.38. The highest BCUT2D eigenvalue weighted by atomic mass is 16.1. The largest absolute Gasteiger partial charge is 0.298 e. The second kappa shape index (κ2) is 4.28. The van der Waals surface area contributed by atoms with E-state index in [2.05, 4.69) is 6.58 Å². The van der Waals surface area contributed by atoms with Crippen LogP contribution in [0.15, 0.2) is 18.7 Å². The zero-order valence-corrected chi connectivity index (χ0v) is 7.40. The van der Waals surface area contributed by atoms with Crippen LogP contribution in [0.5, 0.6) is 0 Å². The van der Waals surface area contributed by atoms with Crippen LogP contribution in [0.3, 0.4) is 0 Å². The van der Waals surface area contributed by atoms with Gasteiger partial charge in [0, 0.05) is 16.7 Å². The maximum atomic E-state index is 10.6. The minimum Gasteiger partial charge on any atom is -0.298 e. The molecule has 1 aromatic rings. The van der Waals surface area contributed by atoms with Crippen LogP contribution in [0.1, 0.15) is 36.6 Å². The summed E-state index contributed by atoms with van der Waals surface area (Å²) < 4.78 is 0. The zero-order chi connectivity index (χ0) is 10.6. The molecule has 0 fully saturated rings. The van der Waals surface area contributed by atoms with Crippen molar-refractivity contribution in [3.63, 3.8) is 0 Å². The summed E-state index contributed by atoms with van der Waals surface area (Å²) in [6.45, 7) is 3.51. The molecule has 0 radical (unpaired) electrons. The van der Waals surface area contributed by atoms with Gasteiger partial charge in [0.15, 0.2) is 18.9 Å². The van der Waals surface area contributed by atoms with Crippen molar-refractivity contribution in [3.05, 3.63) is 41.0 Å². The molecule has 14 heavy (non-hydrogen) atoms. The molecule has 70 valence electrons. The van der Waals surface area contributed by atoms with Crippen molar-refractivity contribution in [2.45, 2.75) is 0 Å². The summed E-state index contributed by atoms with van der Waals surface area (Å²) in [5.74, 6) is 0. The predicted molar refractivity (Wildman–Crippen MR) is 52.7 cm³/mol. The van der Waals surface area contributed by atoms with Crippen molar-refractivity contribution in [1.29, 1.82) is 0 Å². The van der Waals surface area contributed by atoms with Gasteiger partial charge in [-0.15, -0.1) is 0 Å². The number of carbonyl (C=O) groups excluding carboxylic acids is 3. The monoisotopic (exact) mass is 188 g/mol. The number of aldehydes is 3. The Morgan fingerprint density at radius 2 is 1.14 bits per heavy atom. The van der Waals surface area contributed by atoms with Gasteiger partial charge in [0.2, 0.25) is 0 Å². The topological polar surface area (TPSA) is 51.2 Å². The lowest BCUT2D eigenvalue weighted by Gasteiger charge is -2.02. The predicted octanol–water partition coefficient (Wildman–Crippen LogP) is 1.77. The lowest BCUT2D eigenvalue weighted by molar-refractivity contribution is 0.109. The second-order valence-electron chi connectivity index (χ2n) is 2.67. The Morgan fingerprint density at radius 3 is 1.50 bits per heavy atom. The molecule has 0 spiro atoms. The van der Waals surface area contributed by atoms with Crippen LogP contribution in [0.2, 0.25) is 0 Å². The molecule has 1 aromatic carbocycles. The van der Waals surface area contributed by atoms with E-state index < -0.39 is 0 Å². The van der Waals surface area contributed by atoms with Crippen LogP contribution in [-0.2, 0) is 0 Å². The van der Waals surface area contributed by atoms with Crippen LogP contribution in [0, 0.1) is 0 Å². The standard InChI is InChI=1S/C11H8O3/c1-2-8-3-10(6-13)11(7-14)4-9(8)5-12/h2-7H,1H2. The Bertz CT molecular complexity index is 331. The number of hydrogen-bond acceptors (Lipinski definition) is 3. The van der Waals surface area contributed by atoms with E-state index >= 15 is 0 Å². The number of carbonyl (C=O) groups is 3. The fraction of sp³-hybridized carbons (Fsp3) is 0. The summed E-state index contributed by atoms with van der Waals surface area (Å²) in [7, 11) is 0. The number of hydrogen-bond donors (Lipinski definition) is 0. The summed E-state index contributed by atoms with van der Waals surface area (Å²) in [6, 6.07) is 2.84. The van der Waals surface area contributed by atoms with E-state index in [1.54, 1.807) is 0 Å². The molecule has 0 N–H and O–H groups in total. The smallest absolute Gasteiger partial charge is 0.150 e. The Labute approximate surface area is 81.1 Å². The first-order valence-electron chi connectivity index (χ1n) is 3.92. The van der Waals surface area contributed by atoms with E-state index in [0.717, 1.165) is 0 Å². The molecule has 0 aliphatic rings. The lowest BCUT2D eigenvalue weighted by Crippen LogP contribution is -1.96. The molecule has 1 rings (SSSR count). The highest BCUT2D eigenvalue weighted by molar-refractivity contribution is 5.95. The van der Waals surface area contributed by atoms with Gasteiger partial charge in [-0.2, -0.15) is 0 Å². The third-order valence-electron chi connectivity index (χ3n) is 1.89. The van der Waals surface area contributed by atoms with E-state index in [0.29, 0.717) is 30.0 Å². The van der Waals surface area contributed by atoms with Gasteiger partial charge in [-0.3, -0.25) is 14.4 Å². The van der Waals surface area contributed by atoms with Gasteiger partial charge in [0.05, 0.1) is 0 Å². The molecular weight excluding hydrogens is 180 g/mol. The third-order valence-corrected chi connectivity index (χ3v) is 1.89. The van der Waals surface area contributed by atoms with E-state index in [4.69, 9.17) is 0 Å². The molecule has 0 saturated carbocycles. The molecule has 3 nitrogen and oxygen atoms in total. The zero-order valence-electron chi connectivity index (χ0n) is 7.40. The fourth-order valence-electron chi connectivity index (χ4n) is 1.15. The van der Waals surface area contributed by atoms with Gasteiger partial charge in [-0.1, -0.05) is 12.7 Å². The molecule has 0 unspecified atom stereocenters. The molecule has 0 saturated heterocycles. The SMILES string of the molecule is C=Cc1cc(C=O)c(C=O)cc1C=O. The first-order valence-corrected chi connectivity index (χ1v) is 3.92. The van der Waals surface area contributed by atoms with Gasteiger partial charge in [0.1, 0.15) is 0 Å². The summed E-state index contributed by atoms with van der Waals surface area (Å²) in [6.07, 6.45) is 3.21. The average molecular weight is 188 g/mol. The molecule has 0 atom stereocenters. The van der Waals surface area contributed by atoms with Crippen LogP contribution < -0.4 is 0 Å². The molecule has 0 aromatic heterocycles. The minimum absolute atomic E-state index is 0.215. The van der Waals surface area contributed by atoms with Crippen molar-refractivity contribution in [2.75, 3.05) is 0 Å². The summed E-state index contributed by atoms with van der Waals surface area (Å²) >= 11 is 0. The van der Waals surface area contributed by atoms with E-state index in [1.807, 2.05) is 0 Å². The minimum atomic E-state index is 0.215. The van der Waals surface area contributed by atoms with Crippen molar-refractivity contribution in [3.8, 4) is 0 Å². The Kier molecular flexibility index (Phi) is 3.07. The highest BCUT2D eigenvalue weighted by Crippen LogP contribution is 2.14. The fourth-order valence-corrected chi connectivity index (χ4v) is 1.15. The van der Waals surface area contributed by atoms with Gasteiger partial charge < -0.3 is 0 Å². The van der Waals surface area contributed by atoms with Crippen molar-refractivity contribution < 1.29 is 14.4 Å². The van der Waals surface area contributed by atoms with Crippen LogP contribution in [0.4, 0.5) is 0 Å². The maximum Gasteiger partial charge on any atom is 0.150 e. The van der Waals surface area contributed by atoms with E-state index in [1.165, 1.54) is 18.2 Å². The van der Waals surface area contributed by atoms with Crippen molar-refractivity contribution >= 4 is 24.9 Å². The van der Waals surface area contributed by atoms with Crippen LogP contribution >= 0.6 is 0 Å². The van der Waals surface area contributed by atoms with E-state index in [-0.39, 0.29) is 11.1 Å². The van der Waals surface area contributed by atoms with Crippen molar-refractivity contribution in [2.24, 2.45) is 0 Å². The summed E-state index contributed by atoms with van der Waals surface area (Å²) in [5, 5.41) is 0. The maximum absolute atomic E-state index is 10.6. The quantitative estimate of drug-likeness (QED) is 0.676. The van der Waals surface area contributed by atoms with E-state index in [9.17, 15) is 14.4 Å². The summed E-state index contributed by atoms with van der Waals surface area (Å²) in [4.78, 5) is 31.7. The first-order chi connectivity index (χ1) is 6.76. The van der Waals surface area contributed by atoms with Crippen LogP contribution in [0.25, 0.3) is 6.08 Å². The number of benzene rings is 1. The molecule has 0 bridgehead atoms. The average Bonchev–Trinajstić information content (AvgIpc) is 2.26. The molecule has 0 amide bonds.